The fourth-order valence-electron chi connectivity index (χ4n) is 0.263. The average Bonchev–Trinajstić information content (AvgIpc) is 1.68. The number of hydrogen-bond acceptors (Lipinski definition) is 2. The van der Waals surface area contributed by atoms with Crippen molar-refractivity contribution in [2.24, 2.45) is 11.5 Å². The van der Waals surface area contributed by atoms with Crippen molar-refractivity contribution in [3.63, 3.8) is 0 Å². The van der Waals surface area contributed by atoms with E-state index in [0.717, 1.165) is 6.42 Å². The summed E-state index contributed by atoms with van der Waals surface area (Å²) >= 11 is 0. The van der Waals surface area contributed by atoms with Crippen LogP contribution in [0.15, 0.2) is 0 Å². The maximum absolute atomic E-state index is 5.27. The quantitative estimate of drug-likeness (QED) is 0.448. The third-order valence-corrected chi connectivity index (χ3v) is 0.692. The van der Waals surface area contributed by atoms with Crippen molar-refractivity contribution in [2.75, 3.05) is 6.54 Å². The average molecular weight is 98.1 g/mol. The number of rotatable bonds is 2. The van der Waals surface area contributed by atoms with Gasteiger partial charge < -0.3 is 11.5 Å². The van der Waals surface area contributed by atoms with Crippen LogP contribution in [-0.2, 0) is 0 Å². The van der Waals surface area contributed by atoms with E-state index in [-0.39, 0.29) is 6.04 Å². The molecule has 2 nitrogen and oxygen atoms in total. The van der Waals surface area contributed by atoms with Gasteiger partial charge in [-0.05, 0) is 13.0 Å². The van der Waals surface area contributed by atoms with Crippen LogP contribution in [0.25, 0.3) is 0 Å². The predicted octanol–water partition coefficient (Wildman–Crippen LogP) is -0.704. The maximum Gasteiger partial charge on any atom is 0.0674 e. The molecule has 0 aromatic heterocycles. The molecule has 0 saturated carbocycles. The molecule has 0 heterocycles. The zero-order valence-electron chi connectivity index (χ0n) is 4.22. The van der Waals surface area contributed by atoms with Gasteiger partial charge in [-0.15, -0.1) is 6.42 Å². The van der Waals surface area contributed by atoms with E-state index >= 15 is 0 Å². The van der Waals surface area contributed by atoms with Crippen LogP contribution in [0.3, 0.4) is 0 Å². The molecule has 0 rings (SSSR count). The highest BCUT2D eigenvalue weighted by atomic mass is 14.6. The zero-order valence-corrected chi connectivity index (χ0v) is 4.22. The molecule has 0 spiro atoms. The van der Waals surface area contributed by atoms with E-state index in [1.807, 2.05) is 0 Å². The lowest BCUT2D eigenvalue weighted by Gasteiger charge is -1.96. The molecule has 7 heavy (non-hydrogen) atoms. The van der Waals surface area contributed by atoms with E-state index in [9.17, 15) is 0 Å². The largest absolute Gasteiger partial charge is 0.330 e. The van der Waals surface area contributed by atoms with Gasteiger partial charge in [0, 0.05) is 0 Å². The van der Waals surface area contributed by atoms with Gasteiger partial charge >= 0.3 is 0 Å². The summed E-state index contributed by atoms with van der Waals surface area (Å²) in [5.74, 6) is 2.36. The Bertz CT molecular complexity index is 72.6. The van der Waals surface area contributed by atoms with Gasteiger partial charge in [0.15, 0.2) is 0 Å². The summed E-state index contributed by atoms with van der Waals surface area (Å²) in [5.41, 5.74) is 10.4. The molecule has 0 saturated heterocycles. The van der Waals surface area contributed by atoms with E-state index in [1.54, 1.807) is 0 Å². The minimum atomic E-state index is -0.148. The molecule has 0 aromatic carbocycles. The highest BCUT2D eigenvalue weighted by Crippen LogP contribution is 1.78. The molecular formula is C5H10N2. The second-order valence-corrected chi connectivity index (χ2v) is 1.35. The van der Waals surface area contributed by atoms with Gasteiger partial charge in [-0.1, -0.05) is 5.92 Å². The molecule has 0 radical (unpaired) electrons. The second-order valence-electron chi connectivity index (χ2n) is 1.35. The summed E-state index contributed by atoms with van der Waals surface area (Å²) in [6.45, 7) is 0.575. The van der Waals surface area contributed by atoms with Crippen LogP contribution in [-0.4, -0.2) is 12.6 Å². The molecule has 0 unspecified atom stereocenters. The smallest absolute Gasteiger partial charge is 0.0674 e. The summed E-state index contributed by atoms with van der Waals surface area (Å²) in [5, 5.41) is 0. The summed E-state index contributed by atoms with van der Waals surface area (Å²) < 4.78 is 0. The lowest BCUT2D eigenvalue weighted by Crippen LogP contribution is -2.20. The van der Waals surface area contributed by atoms with E-state index in [0.29, 0.717) is 6.54 Å². The van der Waals surface area contributed by atoms with Crippen molar-refractivity contribution in [1.29, 1.82) is 0 Å². The predicted molar refractivity (Wildman–Crippen MR) is 30.5 cm³/mol. The monoisotopic (exact) mass is 98.1 g/mol. The third kappa shape index (κ3) is 3.31. The molecule has 0 amide bonds. The topological polar surface area (TPSA) is 52.0 Å². The number of hydrogen-bond donors (Lipinski definition) is 2. The Hall–Kier alpha value is -0.520. The Morgan fingerprint density at radius 1 is 1.71 bits per heavy atom. The fourth-order valence-corrected chi connectivity index (χ4v) is 0.263. The molecule has 2 heteroatoms. The Morgan fingerprint density at radius 3 is 2.43 bits per heavy atom. The second kappa shape index (κ2) is 3.66. The molecule has 0 aromatic rings. The minimum absolute atomic E-state index is 0.148. The van der Waals surface area contributed by atoms with Crippen molar-refractivity contribution in [1.82, 2.24) is 0 Å². The standard InChI is InChI=1S/C5H10N2/c1-2-5(7)3-4-6/h1,5H,3-4,6-7H2/t5-/m1/s1. The molecule has 40 valence electrons. The van der Waals surface area contributed by atoms with Gasteiger partial charge in [-0.2, -0.15) is 0 Å². The lowest BCUT2D eigenvalue weighted by molar-refractivity contribution is 0.750. The Morgan fingerprint density at radius 2 is 2.29 bits per heavy atom. The van der Waals surface area contributed by atoms with Crippen LogP contribution in [0.5, 0.6) is 0 Å². The van der Waals surface area contributed by atoms with Crippen molar-refractivity contribution in [3.05, 3.63) is 0 Å². The van der Waals surface area contributed by atoms with E-state index in [2.05, 4.69) is 5.92 Å². The van der Waals surface area contributed by atoms with Crippen molar-refractivity contribution in [2.45, 2.75) is 12.5 Å². The van der Waals surface area contributed by atoms with Gasteiger partial charge in [0.05, 0.1) is 6.04 Å². The summed E-state index contributed by atoms with van der Waals surface area (Å²) in [6.07, 6.45) is 5.65. The number of nitrogens with two attached hydrogens (primary N) is 2. The van der Waals surface area contributed by atoms with Gasteiger partial charge in [0.2, 0.25) is 0 Å². The van der Waals surface area contributed by atoms with Crippen LogP contribution < -0.4 is 11.5 Å². The molecule has 0 aliphatic heterocycles. The first-order chi connectivity index (χ1) is 3.31. The maximum atomic E-state index is 5.27. The summed E-state index contributed by atoms with van der Waals surface area (Å²) in [6, 6.07) is -0.148. The van der Waals surface area contributed by atoms with Crippen LogP contribution in [0.4, 0.5) is 0 Å². The summed E-state index contributed by atoms with van der Waals surface area (Å²) in [7, 11) is 0. The van der Waals surface area contributed by atoms with Crippen molar-refractivity contribution in [3.8, 4) is 12.3 Å². The van der Waals surface area contributed by atoms with Crippen LogP contribution in [0.2, 0.25) is 0 Å². The van der Waals surface area contributed by atoms with Gasteiger partial charge in [-0.25, -0.2) is 0 Å². The normalized spacial score (nSPS) is 12.7. The molecular weight excluding hydrogens is 88.1 g/mol. The first-order valence-corrected chi connectivity index (χ1v) is 2.23. The van der Waals surface area contributed by atoms with Crippen LogP contribution in [0.1, 0.15) is 6.42 Å². The van der Waals surface area contributed by atoms with E-state index in [1.165, 1.54) is 0 Å². The van der Waals surface area contributed by atoms with Gasteiger partial charge in [-0.3, -0.25) is 0 Å². The highest BCUT2D eigenvalue weighted by Gasteiger charge is 1.90. The Kier molecular flexibility index (Phi) is 3.39. The Balaban J connectivity index is 3.04. The van der Waals surface area contributed by atoms with Crippen LogP contribution in [0, 0.1) is 12.3 Å². The lowest BCUT2D eigenvalue weighted by atomic mass is 10.2. The first kappa shape index (κ1) is 6.48. The first-order valence-electron chi connectivity index (χ1n) is 2.23. The van der Waals surface area contributed by atoms with E-state index < -0.39 is 0 Å². The van der Waals surface area contributed by atoms with Gasteiger partial charge in [0.25, 0.3) is 0 Å². The van der Waals surface area contributed by atoms with Crippen LogP contribution >= 0.6 is 0 Å². The van der Waals surface area contributed by atoms with E-state index in [4.69, 9.17) is 17.9 Å². The zero-order chi connectivity index (χ0) is 5.70. The Labute approximate surface area is 43.9 Å². The minimum Gasteiger partial charge on any atom is -0.330 e. The summed E-state index contributed by atoms with van der Waals surface area (Å²) in [4.78, 5) is 0. The molecule has 4 N–H and O–H groups in total. The number of terminal acetylenes is 1. The molecule has 0 aliphatic carbocycles. The SMILES string of the molecule is C#C[C@@H](N)CCN. The van der Waals surface area contributed by atoms with Crippen molar-refractivity contribution >= 4 is 0 Å². The molecule has 0 bridgehead atoms. The highest BCUT2D eigenvalue weighted by molar-refractivity contribution is 4.96. The third-order valence-electron chi connectivity index (χ3n) is 0.692. The molecule has 1 atom stereocenters. The van der Waals surface area contributed by atoms with Gasteiger partial charge in [0.1, 0.15) is 0 Å². The molecule has 0 aliphatic rings. The fraction of sp³-hybridized carbons (Fsp3) is 0.600. The van der Waals surface area contributed by atoms with Crippen molar-refractivity contribution < 1.29 is 0 Å². The molecule has 0 fully saturated rings.